The third-order valence-electron chi connectivity index (χ3n) is 2.76. The molecule has 92 valence electrons. The van der Waals surface area contributed by atoms with Crippen LogP contribution in [0.4, 0.5) is 4.39 Å². The van der Waals surface area contributed by atoms with Crippen LogP contribution in [0, 0.1) is 17.1 Å². The number of rotatable bonds is 4. The Bertz CT molecular complexity index is 558. The Balaban J connectivity index is 2.06. The molecule has 0 aliphatic heterocycles. The van der Waals surface area contributed by atoms with Gasteiger partial charge in [0, 0.05) is 17.5 Å². The van der Waals surface area contributed by atoms with Crippen molar-refractivity contribution in [2.45, 2.75) is 19.5 Å². The quantitative estimate of drug-likeness (QED) is 0.911. The molecule has 0 bridgehead atoms. The van der Waals surface area contributed by atoms with Crippen LogP contribution in [0.2, 0.25) is 0 Å². The molecule has 18 heavy (non-hydrogen) atoms. The Kier molecular flexibility index (Phi) is 4.08. The van der Waals surface area contributed by atoms with Crippen molar-refractivity contribution in [3.63, 3.8) is 0 Å². The average molecular weight is 260 g/mol. The number of benzene rings is 1. The Hall–Kier alpha value is -1.70. The third kappa shape index (κ3) is 2.95. The van der Waals surface area contributed by atoms with Gasteiger partial charge in [0.2, 0.25) is 0 Å². The van der Waals surface area contributed by atoms with Gasteiger partial charge in [0.25, 0.3) is 0 Å². The number of halogens is 1. The lowest BCUT2D eigenvalue weighted by molar-refractivity contribution is 0.575. The fourth-order valence-electron chi connectivity index (χ4n) is 1.72. The summed E-state index contributed by atoms with van der Waals surface area (Å²) in [4.78, 5) is 1.23. The SMILES string of the molecule is CC(NCc1cc(F)ccc1C#N)c1cccs1. The fourth-order valence-corrected chi connectivity index (χ4v) is 2.48. The van der Waals surface area contributed by atoms with E-state index >= 15 is 0 Å². The van der Waals surface area contributed by atoms with Gasteiger partial charge in [-0.2, -0.15) is 5.26 Å². The van der Waals surface area contributed by atoms with Crippen molar-refractivity contribution in [3.8, 4) is 6.07 Å². The van der Waals surface area contributed by atoms with Gasteiger partial charge in [-0.1, -0.05) is 6.07 Å². The van der Waals surface area contributed by atoms with Crippen LogP contribution in [0.25, 0.3) is 0 Å². The summed E-state index contributed by atoms with van der Waals surface area (Å²) in [5, 5.41) is 14.3. The monoisotopic (exact) mass is 260 g/mol. The second-order valence-corrected chi connectivity index (χ2v) is 5.01. The van der Waals surface area contributed by atoms with Crippen LogP contribution in [0.3, 0.4) is 0 Å². The van der Waals surface area contributed by atoms with Crippen LogP contribution in [0.1, 0.15) is 29.0 Å². The standard InChI is InChI=1S/C14H13FN2S/c1-10(14-3-2-6-18-14)17-9-12-7-13(15)5-4-11(12)8-16/h2-7,10,17H,9H2,1H3. The molecule has 1 N–H and O–H groups in total. The Morgan fingerprint density at radius 2 is 2.28 bits per heavy atom. The van der Waals surface area contributed by atoms with E-state index in [2.05, 4.69) is 24.4 Å². The highest BCUT2D eigenvalue weighted by Crippen LogP contribution is 2.19. The summed E-state index contributed by atoms with van der Waals surface area (Å²) in [6.07, 6.45) is 0. The number of hydrogen-bond acceptors (Lipinski definition) is 3. The Morgan fingerprint density at radius 1 is 1.44 bits per heavy atom. The van der Waals surface area contributed by atoms with E-state index in [4.69, 9.17) is 5.26 Å². The zero-order valence-corrected chi connectivity index (χ0v) is 10.8. The van der Waals surface area contributed by atoms with E-state index < -0.39 is 0 Å². The molecule has 2 aromatic rings. The summed E-state index contributed by atoms with van der Waals surface area (Å²) in [7, 11) is 0. The maximum Gasteiger partial charge on any atom is 0.123 e. The van der Waals surface area contributed by atoms with E-state index in [0.717, 1.165) is 0 Å². The molecule has 2 rings (SSSR count). The molecule has 1 heterocycles. The van der Waals surface area contributed by atoms with Crippen LogP contribution in [0.5, 0.6) is 0 Å². The van der Waals surface area contributed by atoms with Crippen LogP contribution in [0.15, 0.2) is 35.7 Å². The predicted octanol–water partition coefficient (Wildman–Crippen LogP) is 3.61. The minimum Gasteiger partial charge on any atom is -0.305 e. The van der Waals surface area contributed by atoms with Gasteiger partial charge in [0.05, 0.1) is 11.6 Å². The maximum atomic E-state index is 13.1. The van der Waals surface area contributed by atoms with Crippen molar-refractivity contribution in [2.24, 2.45) is 0 Å². The van der Waals surface area contributed by atoms with E-state index in [1.807, 2.05) is 11.4 Å². The van der Waals surface area contributed by atoms with Gasteiger partial charge in [0.1, 0.15) is 5.82 Å². The Labute approximate surface area is 110 Å². The first-order valence-corrected chi connectivity index (χ1v) is 6.54. The first-order chi connectivity index (χ1) is 8.70. The average Bonchev–Trinajstić information content (AvgIpc) is 2.90. The molecule has 1 atom stereocenters. The van der Waals surface area contributed by atoms with Gasteiger partial charge in [0.15, 0.2) is 0 Å². The van der Waals surface area contributed by atoms with Gasteiger partial charge >= 0.3 is 0 Å². The molecular weight excluding hydrogens is 247 g/mol. The predicted molar refractivity (Wildman–Crippen MR) is 70.7 cm³/mol. The second kappa shape index (κ2) is 5.76. The highest BCUT2D eigenvalue weighted by Gasteiger charge is 2.08. The van der Waals surface area contributed by atoms with E-state index in [-0.39, 0.29) is 11.9 Å². The number of nitrogens with one attached hydrogen (secondary N) is 1. The summed E-state index contributed by atoms with van der Waals surface area (Å²) in [6, 6.07) is 10.6. The van der Waals surface area contributed by atoms with Crippen molar-refractivity contribution in [1.82, 2.24) is 5.32 Å². The van der Waals surface area contributed by atoms with Crippen LogP contribution in [-0.2, 0) is 6.54 Å². The van der Waals surface area contributed by atoms with E-state index in [1.54, 1.807) is 11.3 Å². The highest BCUT2D eigenvalue weighted by atomic mass is 32.1. The summed E-state index contributed by atoms with van der Waals surface area (Å²) in [6.45, 7) is 2.54. The van der Waals surface area contributed by atoms with E-state index in [0.29, 0.717) is 17.7 Å². The van der Waals surface area contributed by atoms with Crippen LogP contribution in [-0.4, -0.2) is 0 Å². The normalized spacial score (nSPS) is 12.1. The molecule has 0 saturated heterocycles. The summed E-state index contributed by atoms with van der Waals surface area (Å²) >= 11 is 1.68. The molecular formula is C14H13FN2S. The number of thiophene rings is 1. The molecule has 4 heteroatoms. The zero-order chi connectivity index (χ0) is 13.0. The lowest BCUT2D eigenvalue weighted by Gasteiger charge is -2.12. The van der Waals surface area contributed by atoms with Gasteiger partial charge < -0.3 is 5.32 Å². The molecule has 0 spiro atoms. The van der Waals surface area contributed by atoms with Crippen molar-refractivity contribution in [1.29, 1.82) is 5.26 Å². The molecule has 0 aliphatic rings. The first-order valence-electron chi connectivity index (χ1n) is 5.66. The number of nitriles is 1. The molecule has 2 nitrogen and oxygen atoms in total. The number of nitrogens with zero attached hydrogens (tertiary/aromatic N) is 1. The summed E-state index contributed by atoms with van der Waals surface area (Å²) in [5.41, 5.74) is 1.21. The topological polar surface area (TPSA) is 35.8 Å². The third-order valence-corrected chi connectivity index (χ3v) is 3.81. The lowest BCUT2D eigenvalue weighted by Crippen LogP contribution is -2.17. The molecule has 0 fully saturated rings. The minimum absolute atomic E-state index is 0.194. The van der Waals surface area contributed by atoms with Gasteiger partial charge in [-0.25, -0.2) is 4.39 Å². The van der Waals surface area contributed by atoms with E-state index in [1.165, 1.54) is 23.1 Å². The maximum absolute atomic E-state index is 13.1. The van der Waals surface area contributed by atoms with Crippen LogP contribution >= 0.6 is 11.3 Å². The molecule has 0 radical (unpaired) electrons. The van der Waals surface area contributed by atoms with Crippen molar-refractivity contribution in [3.05, 3.63) is 57.5 Å². The summed E-state index contributed by atoms with van der Waals surface area (Å²) in [5.74, 6) is -0.311. The fraction of sp³-hybridized carbons (Fsp3) is 0.214. The highest BCUT2D eigenvalue weighted by molar-refractivity contribution is 7.10. The summed E-state index contributed by atoms with van der Waals surface area (Å²) < 4.78 is 13.1. The lowest BCUT2D eigenvalue weighted by atomic mass is 10.1. The molecule has 0 saturated carbocycles. The molecule has 0 aliphatic carbocycles. The number of hydrogen-bond donors (Lipinski definition) is 1. The zero-order valence-electron chi connectivity index (χ0n) is 9.98. The molecule has 0 amide bonds. The van der Waals surface area contributed by atoms with Gasteiger partial charge in [-0.05, 0) is 42.1 Å². The van der Waals surface area contributed by atoms with Gasteiger partial charge in [-0.3, -0.25) is 0 Å². The second-order valence-electron chi connectivity index (χ2n) is 4.03. The van der Waals surface area contributed by atoms with Crippen molar-refractivity contribution in [2.75, 3.05) is 0 Å². The van der Waals surface area contributed by atoms with Crippen molar-refractivity contribution >= 4 is 11.3 Å². The largest absolute Gasteiger partial charge is 0.305 e. The Morgan fingerprint density at radius 3 is 2.94 bits per heavy atom. The van der Waals surface area contributed by atoms with Crippen LogP contribution < -0.4 is 5.32 Å². The van der Waals surface area contributed by atoms with Crippen molar-refractivity contribution < 1.29 is 4.39 Å². The molecule has 1 unspecified atom stereocenters. The molecule has 1 aromatic carbocycles. The minimum atomic E-state index is -0.311. The first kappa shape index (κ1) is 12.7. The van der Waals surface area contributed by atoms with E-state index in [9.17, 15) is 4.39 Å². The van der Waals surface area contributed by atoms with Gasteiger partial charge in [-0.15, -0.1) is 11.3 Å². The molecule has 1 aromatic heterocycles. The smallest absolute Gasteiger partial charge is 0.123 e.